The van der Waals surface area contributed by atoms with Crippen molar-refractivity contribution >= 4 is 33.6 Å². The summed E-state index contributed by atoms with van der Waals surface area (Å²) in [6, 6.07) is 11.2. The summed E-state index contributed by atoms with van der Waals surface area (Å²) in [7, 11) is 0. The third-order valence-electron chi connectivity index (χ3n) is 9.07. The first-order chi connectivity index (χ1) is 19.6. The van der Waals surface area contributed by atoms with Crippen LogP contribution >= 0.6 is 11.3 Å². The molecule has 0 spiro atoms. The molecule has 1 N–H and O–H groups in total. The summed E-state index contributed by atoms with van der Waals surface area (Å²) in [5, 5.41) is 14.7. The van der Waals surface area contributed by atoms with Crippen LogP contribution in [0.2, 0.25) is 0 Å². The van der Waals surface area contributed by atoms with Gasteiger partial charge in [0.25, 0.3) is 0 Å². The van der Waals surface area contributed by atoms with E-state index in [1.807, 2.05) is 6.08 Å². The molecule has 2 aromatic carbocycles. The lowest BCUT2D eigenvalue weighted by atomic mass is 9.54. The molecule has 0 radical (unpaired) electrons. The van der Waals surface area contributed by atoms with Crippen LogP contribution in [0.3, 0.4) is 0 Å². The molecule has 10 heteroatoms. The Hall–Kier alpha value is -3.66. The molecule has 2 aromatic heterocycles. The van der Waals surface area contributed by atoms with Crippen LogP contribution in [0.25, 0.3) is 27.6 Å². The van der Waals surface area contributed by atoms with Gasteiger partial charge in [0.15, 0.2) is 0 Å². The number of benzene rings is 2. The van der Waals surface area contributed by atoms with Gasteiger partial charge in [0.2, 0.25) is 0 Å². The molecule has 4 fully saturated rings. The summed E-state index contributed by atoms with van der Waals surface area (Å²) in [5.41, 5.74) is 2.47. The fraction of sp³-hybridized carbons (Fsp3) is 0.387. The highest BCUT2D eigenvalue weighted by Crippen LogP contribution is 2.59. The van der Waals surface area contributed by atoms with E-state index in [1.54, 1.807) is 41.7 Å². The van der Waals surface area contributed by atoms with Gasteiger partial charge in [0, 0.05) is 22.5 Å². The Kier molecular flexibility index (Phi) is 6.04. The molecule has 0 atom stereocenters. The number of halogens is 3. The Bertz CT molecular complexity index is 1660. The Morgan fingerprint density at radius 3 is 2.49 bits per heavy atom. The summed E-state index contributed by atoms with van der Waals surface area (Å²) >= 11 is 1.61. The number of ether oxygens (including phenoxy) is 1. The second kappa shape index (κ2) is 9.44. The van der Waals surface area contributed by atoms with Crippen LogP contribution in [0.5, 0.6) is 5.75 Å². The largest absolute Gasteiger partial charge is 0.573 e. The van der Waals surface area contributed by atoms with Crippen molar-refractivity contribution in [1.29, 1.82) is 0 Å². The second-order valence-electron chi connectivity index (χ2n) is 11.6. The molecule has 0 amide bonds. The number of thiazole rings is 1. The van der Waals surface area contributed by atoms with E-state index in [9.17, 15) is 23.1 Å². The normalized spacial score (nSPS) is 24.4. The maximum atomic E-state index is 13.1. The number of allylic oxidation sites excluding steroid dienone is 1. The van der Waals surface area contributed by atoms with Gasteiger partial charge in [-0.05, 0) is 87.1 Å². The minimum Gasteiger partial charge on any atom is -0.478 e. The molecular formula is C31H27F3N2O4S. The number of hydrogen-bond acceptors (Lipinski definition) is 6. The Labute approximate surface area is 237 Å². The van der Waals surface area contributed by atoms with Gasteiger partial charge in [-0.1, -0.05) is 29.4 Å². The number of rotatable bonds is 7. The number of alkyl halides is 3. The average Bonchev–Trinajstić information content (AvgIpc) is 3.56. The smallest absolute Gasteiger partial charge is 0.478 e. The molecule has 41 heavy (non-hydrogen) atoms. The van der Waals surface area contributed by atoms with E-state index in [2.05, 4.69) is 16.0 Å². The molecule has 4 saturated carbocycles. The van der Waals surface area contributed by atoms with Gasteiger partial charge in [-0.2, -0.15) is 0 Å². The number of carboxylic acid groups (broad SMARTS) is 1. The van der Waals surface area contributed by atoms with E-state index >= 15 is 0 Å². The van der Waals surface area contributed by atoms with E-state index in [1.165, 1.54) is 12.1 Å². The Morgan fingerprint density at radius 2 is 1.80 bits per heavy atom. The van der Waals surface area contributed by atoms with Gasteiger partial charge < -0.3 is 14.4 Å². The summed E-state index contributed by atoms with van der Waals surface area (Å²) in [6.07, 6.45) is 7.28. The van der Waals surface area contributed by atoms with Crippen LogP contribution < -0.4 is 4.74 Å². The van der Waals surface area contributed by atoms with Crippen LogP contribution in [0.1, 0.15) is 84.0 Å². The zero-order valence-electron chi connectivity index (χ0n) is 22.0. The van der Waals surface area contributed by atoms with Gasteiger partial charge in [0.1, 0.15) is 17.2 Å². The molecule has 6 nitrogen and oxygen atoms in total. The SMILES string of the molecule is O=C(O)c1ccc2nc(C34CCC(/C=C/c5c(-c6ccccc6OC(F)(F)F)noc5C5CC5)(CC3)CC4)sc2c1. The number of aromatic carboxylic acids is 1. The minimum atomic E-state index is -4.81. The molecular weight excluding hydrogens is 553 g/mol. The Morgan fingerprint density at radius 1 is 1.07 bits per heavy atom. The van der Waals surface area contributed by atoms with Crippen LogP contribution in [-0.4, -0.2) is 27.6 Å². The van der Waals surface area contributed by atoms with Crippen LogP contribution in [0.4, 0.5) is 13.2 Å². The zero-order chi connectivity index (χ0) is 28.4. The van der Waals surface area contributed by atoms with Crippen molar-refractivity contribution in [1.82, 2.24) is 10.1 Å². The van der Waals surface area contributed by atoms with Crippen LogP contribution in [0.15, 0.2) is 53.1 Å². The van der Waals surface area contributed by atoms with Gasteiger partial charge >= 0.3 is 12.3 Å². The first-order valence-electron chi connectivity index (χ1n) is 13.8. The highest BCUT2D eigenvalue weighted by molar-refractivity contribution is 7.18. The lowest BCUT2D eigenvalue weighted by molar-refractivity contribution is -0.274. The van der Waals surface area contributed by atoms with Crippen molar-refractivity contribution in [2.45, 2.75) is 69.1 Å². The number of carboxylic acids is 1. The van der Waals surface area contributed by atoms with E-state index in [4.69, 9.17) is 9.51 Å². The average molecular weight is 581 g/mol. The maximum absolute atomic E-state index is 13.1. The molecule has 4 aliphatic carbocycles. The molecule has 212 valence electrons. The Balaban J connectivity index is 1.16. The van der Waals surface area contributed by atoms with Gasteiger partial charge in [0.05, 0.1) is 20.8 Å². The van der Waals surface area contributed by atoms with E-state index in [-0.39, 0.29) is 33.6 Å². The number of nitrogens with zero attached hydrogens (tertiary/aromatic N) is 2. The van der Waals surface area contributed by atoms with Crippen LogP contribution in [0, 0.1) is 5.41 Å². The summed E-state index contributed by atoms with van der Waals surface area (Å²) in [6.45, 7) is 0. The lowest BCUT2D eigenvalue weighted by Crippen LogP contribution is -2.43. The van der Waals surface area contributed by atoms with Crippen LogP contribution in [-0.2, 0) is 5.41 Å². The molecule has 2 heterocycles. The summed E-state index contributed by atoms with van der Waals surface area (Å²) < 4.78 is 50.3. The van der Waals surface area contributed by atoms with Crippen molar-refractivity contribution in [2.24, 2.45) is 5.41 Å². The van der Waals surface area contributed by atoms with Crippen molar-refractivity contribution in [2.75, 3.05) is 0 Å². The van der Waals surface area contributed by atoms with Crippen molar-refractivity contribution in [3.8, 4) is 17.0 Å². The second-order valence-corrected chi connectivity index (χ2v) is 12.6. The maximum Gasteiger partial charge on any atom is 0.573 e. The number of hydrogen-bond donors (Lipinski definition) is 1. The van der Waals surface area contributed by atoms with E-state index in [0.29, 0.717) is 5.69 Å². The molecule has 0 unspecified atom stereocenters. The van der Waals surface area contributed by atoms with Gasteiger partial charge in [-0.25, -0.2) is 9.78 Å². The van der Waals surface area contributed by atoms with Gasteiger partial charge in [-0.3, -0.25) is 0 Å². The minimum absolute atomic E-state index is 0.00192. The van der Waals surface area contributed by atoms with Crippen molar-refractivity contribution in [3.05, 3.63) is 70.4 Å². The first-order valence-corrected chi connectivity index (χ1v) is 14.6. The fourth-order valence-electron chi connectivity index (χ4n) is 6.51. The standard InChI is InChI=1S/C31H27F3N2O4S/c32-31(33,34)39-23-4-2-1-3-20(23)25-21(26(40-36-25)18-5-6-18)9-10-29-11-14-30(15-12-29,16-13-29)28-35-22-8-7-19(27(37)38)17-24(22)41-28/h1-4,7-10,17-18H,5-6,11-16H2,(H,37,38)/b10-9+. The zero-order valence-corrected chi connectivity index (χ0v) is 22.9. The van der Waals surface area contributed by atoms with Gasteiger partial charge in [-0.15, -0.1) is 24.5 Å². The van der Waals surface area contributed by atoms with Crippen molar-refractivity contribution < 1.29 is 32.3 Å². The number of fused-ring (bicyclic) bond motifs is 4. The molecule has 4 aromatic rings. The summed E-state index contributed by atoms with van der Waals surface area (Å²) in [5.74, 6) is -0.278. The van der Waals surface area contributed by atoms with E-state index in [0.717, 1.165) is 77.9 Å². The highest BCUT2D eigenvalue weighted by atomic mass is 32.1. The molecule has 0 saturated heterocycles. The number of para-hydroxylation sites is 1. The predicted molar refractivity (Wildman–Crippen MR) is 148 cm³/mol. The van der Waals surface area contributed by atoms with Crippen molar-refractivity contribution in [3.63, 3.8) is 0 Å². The highest BCUT2D eigenvalue weighted by Gasteiger charge is 2.50. The number of carbonyl (C=O) groups is 1. The predicted octanol–water partition coefficient (Wildman–Crippen LogP) is 8.73. The molecule has 4 aliphatic rings. The third-order valence-corrected chi connectivity index (χ3v) is 10.3. The molecule has 8 rings (SSSR count). The quantitative estimate of drug-likeness (QED) is 0.235. The van der Waals surface area contributed by atoms with E-state index < -0.39 is 12.3 Å². The topological polar surface area (TPSA) is 85.5 Å². The lowest BCUT2D eigenvalue weighted by Gasteiger charge is -2.51. The first kappa shape index (κ1) is 26.3. The fourth-order valence-corrected chi connectivity index (χ4v) is 7.79. The number of aromatic nitrogens is 2. The third kappa shape index (κ3) is 4.81. The molecule has 0 aliphatic heterocycles. The summed E-state index contributed by atoms with van der Waals surface area (Å²) in [4.78, 5) is 16.3. The molecule has 2 bridgehead atoms. The monoisotopic (exact) mass is 580 g/mol.